The van der Waals surface area contributed by atoms with E-state index in [1.54, 1.807) is 18.3 Å². The molecule has 5 rings (SSSR count). The second-order valence-corrected chi connectivity index (χ2v) is 10.8. The first kappa shape index (κ1) is 24.9. The largest absolute Gasteiger partial charge is 0.481 e. The van der Waals surface area contributed by atoms with E-state index in [0.717, 1.165) is 58.3 Å². The Hall–Kier alpha value is -3.78. The summed E-state index contributed by atoms with van der Waals surface area (Å²) >= 11 is 1.67. The minimum Gasteiger partial charge on any atom is -0.481 e. The third-order valence-electron chi connectivity index (χ3n) is 7.02. The van der Waals surface area contributed by atoms with Gasteiger partial charge in [0.2, 0.25) is 0 Å². The number of fused-ring (bicyclic) bond motifs is 3. The molecule has 0 saturated carbocycles. The van der Waals surface area contributed by atoms with Crippen molar-refractivity contribution in [3.63, 3.8) is 0 Å². The summed E-state index contributed by atoms with van der Waals surface area (Å²) in [7, 11) is 0. The Labute approximate surface area is 220 Å². The van der Waals surface area contributed by atoms with Crippen LogP contribution in [0.2, 0.25) is 0 Å². The molecular weight excluding hydrogens is 482 g/mol. The molecule has 1 unspecified atom stereocenters. The molecule has 0 spiro atoms. The van der Waals surface area contributed by atoms with Crippen LogP contribution in [0.5, 0.6) is 0 Å². The number of nitrogens with zero attached hydrogens (tertiary/aromatic N) is 4. The lowest BCUT2D eigenvalue weighted by atomic mass is 9.98. The lowest BCUT2D eigenvalue weighted by Crippen LogP contribution is -2.21. The summed E-state index contributed by atoms with van der Waals surface area (Å²) in [6.45, 7) is 8.67. The summed E-state index contributed by atoms with van der Waals surface area (Å²) in [5, 5.41) is 23.0. The quantitative estimate of drug-likeness (QED) is 0.286. The van der Waals surface area contributed by atoms with Gasteiger partial charge in [0.25, 0.3) is 0 Å². The Bertz CT molecular complexity index is 1450. The second kappa shape index (κ2) is 10.3. The van der Waals surface area contributed by atoms with Gasteiger partial charge < -0.3 is 10.4 Å². The van der Waals surface area contributed by atoms with E-state index < -0.39 is 17.9 Å². The van der Waals surface area contributed by atoms with Gasteiger partial charge in [-0.25, -0.2) is 0 Å². The fourth-order valence-corrected chi connectivity index (χ4v) is 5.95. The van der Waals surface area contributed by atoms with Crippen LogP contribution in [-0.4, -0.2) is 38.1 Å². The molecule has 7 nitrogen and oxygen atoms in total. The number of carboxylic acid groups (broad SMARTS) is 1. The average Bonchev–Trinajstić information content (AvgIpc) is 3.37. The number of aryl methyl sites for hydroxylation is 3. The van der Waals surface area contributed by atoms with Gasteiger partial charge in [-0.3, -0.25) is 14.4 Å². The van der Waals surface area contributed by atoms with Crippen molar-refractivity contribution in [1.82, 2.24) is 14.8 Å². The van der Waals surface area contributed by atoms with Crippen LogP contribution in [0.3, 0.4) is 0 Å². The van der Waals surface area contributed by atoms with Gasteiger partial charge in [-0.15, -0.1) is 21.5 Å². The molecule has 37 heavy (non-hydrogen) atoms. The zero-order valence-corrected chi connectivity index (χ0v) is 22.3. The summed E-state index contributed by atoms with van der Waals surface area (Å²) in [5.41, 5.74) is 6.32. The van der Waals surface area contributed by atoms with E-state index >= 15 is 0 Å². The van der Waals surface area contributed by atoms with Gasteiger partial charge >= 0.3 is 5.97 Å². The topological polar surface area (TPSA) is 92.4 Å². The van der Waals surface area contributed by atoms with E-state index in [2.05, 4.69) is 77.9 Å². The van der Waals surface area contributed by atoms with Crippen LogP contribution in [0.25, 0.3) is 5.00 Å². The number of rotatable bonds is 8. The molecule has 0 aliphatic carbocycles. The maximum absolute atomic E-state index is 12.0. The zero-order chi connectivity index (χ0) is 26.1. The monoisotopic (exact) mass is 513 g/mol. The molecule has 2 N–H and O–H groups in total. The molecule has 0 amide bonds. The predicted octanol–water partition coefficient (Wildman–Crippen LogP) is 5.91. The molecule has 3 heterocycles. The highest BCUT2D eigenvalue weighted by atomic mass is 32.1. The van der Waals surface area contributed by atoms with Crippen LogP contribution >= 0.6 is 11.3 Å². The summed E-state index contributed by atoms with van der Waals surface area (Å²) in [6.07, 6.45) is 2.08. The third-order valence-corrected chi connectivity index (χ3v) is 8.22. The molecule has 2 aromatic heterocycles. The number of thiophene rings is 1. The number of aromatic nitrogens is 3. The number of anilines is 1. The molecule has 4 aromatic rings. The number of hydrogen-bond acceptors (Lipinski definition) is 6. The third kappa shape index (κ3) is 4.81. The number of nitrogens with one attached hydrogen (secondary N) is 1. The Balaban J connectivity index is 1.46. The van der Waals surface area contributed by atoms with Gasteiger partial charge in [-0.2, -0.15) is 0 Å². The molecule has 1 aliphatic rings. The predicted molar refractivity (Wildman–Crippen MR) is 148 cm³/mol. The van der Waals surface area contributed by atoms with Gasteiger partial charge in [0.15, 0.2) is 5.82 Å². The first-order valence-corrected chi connectivity index (χ1v) is 13.4. The van der Waals surface area contributed by atoms with Gasteiger partial charge in [0.05, 0.1) is 11.6 Å². The normalized spacial score (nSPS) is 15.4. The summed E-state index contributed by atoms with van der Waals surface area (Å²) in [5.74, 6) is -0.361. The Kier molecular flexibility index (Phi) is 6.93. The SMILES string of the molecule is Cc1sc2c(c1C)C(c1ccc(NCCCc3ccccc3)cc1)=N[C@@H](C(C)C(=O)O)c1nnc(C)n1-2. The molecule has 8 heteroatoms. The number of aliphatic carboxylic acids is 1. The second-order valence-electron chi connectivity index (χ2n) is 9.55. The summed E-state index contributed by atoms with van der Waals surface area (Å²) in [6, 6.07) is 18.1. The van der Waals surface area contributed by atoms with Crippen LogP contribution in [-0.2, 0) is 11.2 Å². The van der Waals surface area contributed by atoms with Crippen molar-refractivity contribution in [1.29, 1.82) is 0 Å². The van der Waals surface area contributed by atoms with Gasteiger partial charge in [0, 0.05) is 28.2 Å². The molecule has 0 radical (unpaired) electrons. The molecule has 2 atom stereocenters. The van der Waals surface area contributed by atoms with Gasteiger partial charge in [-0.1, -0.05) is 42.5 Å². The van der Waals surface area contributed by atoms with E-state index in [1.165, 1.54) is 10.4 Å². The fraction of sp³-hybridized carbons (Fsp3) is 0.310. The molecule has 190 valence electrons. The highest BCUT2D eigenvalue weighted by Gasteiger charge is 2.36. The zero-order valence-electron chi connectivity index (χ0n) is 21.5. The molecule has 1 aliphatic heterocycles. The first-order valence-electron chi connectivity index (χ1n) is 12.6. The van der Waals surface area contributed by atoms with Crippen molar-refractivity contribution < 1.29 is 9.90 Å². The Morgan fingerprint density at radius 2 is 1.81 bits per heavy atom. The van der Waals surface area contributed by atoms with E-state index in [-0.39, 0.29) is 0 Å². The smallest absolute Gasteiger partial charge is 0.308 e. The number of aliphatic imine (C=N–C) groups is 1. The van der Waals surface area contributed by atoms with Crippen molar-refractivity contribution in [3.8, 4) is 5.00 Å². The van der Waals surface area contributed by atoms with E-state index in [4.69, 9.17) is 4.99 Å². The fourth-order valence-electron chi connectivity index (χ4n) is 4.73. The van der Waals surface area contributed by atoms with Crippen molar-refractivity contribution >= 4 is 28.7 Å². The lowest BCUT2D eigenvalue weighted by molar-refractivity contribution is -0.141. The van der Waals surface area contributed by atoms with E-state index in [9.17, 15) is 9.90 Å². The number of carbonyl (C=O) groups is 1. The number of benzene rings is 2. The van der Waals surface area contributed by atoms with Gasteiger partial charge in [0.1, 0.15) is 16.9 Å². The Morgan fingerprint density at radius 3 is 2.51 bits per heavy atom. The van der Waals surface area contributed by atoms with Gasteiger partial charge in [-0.05, 0) is 63.8 Å². The molecule has 2 aromatic carbocycles. The van der Waals surface area contributed by atoms with E-state index in [0.29, 0.717) is 5.82 Å². The van der Waals surface area contributed by atoms with Crippen LogP contribution in [0, 0.1) is 26.7 Å². The van der Waals surface area contributed by atoms with Crippen LogP contribution in [0.1, 0.15) is 58.2 Å². The maximum atomic E-state index is 12.0. The molecule has 0 bridgehead atoms. The van der Waals surface area contributed by atoms with Crippen molar-refractivity contribution in [2.24, 2.45) is 10.9 Å². The van der Waals surface area contributed by atoms with Crippen molar-refractivity contribution in [2.75, 3.05) is 11.9 Å². The average molecular weight is 514 g/mol. The molecule has 0 saturated heterocycles. The lowest BCUT2D eigenvalue weighted by Gasteiger charge is -2.16. The summed E-state index contributed by atoms with van der Waals surface area (Å²) in [4.78, 5) is 18.3. The molecular formula is C29H31N5O2S. The standard InChI is InChI=1S/C29H31N5O2S/c1-17-19(3)37-28-24(17)26(31-25(18(2)29(35)36)27-33-32-20(4)34(27)28)22-12-14-23(15-13-22)30-16-8-11-21-9-6-5-7-10-21/h5-7,9-10,12-15,18,25,30H,8,11,16H2,1-4H3,(H,35,36)/t18?,25-/m0/s1. The first-order chi connectivity index (χ1) is 17.8. The minimum absolute atomic E-state index is 0.571. The van der Waals surface area contributed by atoms with Crippen LogP contribution in [0.4, 0.5) is 5.69 Å². The van der Waals surface area contributed by atoms with Crippen molar-refractivity contribution in [3.05, 3.63) is 93.4 Å². The summed E-state index contributed by atoms with van der Waals surface area (Å²) < 4.78 is 1.99. The van der Waals surface area contributed by atoms with Crippen LogP contribution < -0.4 is 5.32 Å². The molecule has 0 fully saturated rings. The Morgan fingerprint density at radius 1 is 1.08 bits per heavy atom. The number of hydrogen-bond donors (Lipinski definition) is 2. The van der Waals surface area contributed by atoms with Crippen LogP contribution in [0.15, 0.2) is 59.6 Å². The van der Waals surface area contributed by atoms with Crippen molar-refractivity contribution in [2.45, 2.75) is 46.6 Å². The van der Waals surface area contributed by atoms with E-state index in [1.807, 2.05) is 17.6 Å². The number of carboxylic acids is 1. The maximum Gasteiger partial charge on any atom is 0.308 e. The highest BCUT2D eigenvalue weighted by Crippen LogP contribution is 2.40. The highest BCUT2D eigenvalue weighted by molar-refractivity contribution is 7.15. The minimum atomic E-state index is -0.909.